The van der Waals surface area contributed by atoms with E-state index in [4.69, 9.17) is 5.73 Å². The highest BCUT2D eigenvalue weighted by Gasteiger charge is 2.34. The minimum absolute atomic E-state index is 0.0919. The van der Waals surface area contributed by atoms with Crippen molar-refractivity contribution in [3.8, 4) is 11.3 Å². The number of benzene rings is 1. The highest BCUT2D eigenvalue weighted by atomic mass is 19.4. The average Bonchev–Trinajstić information content (AvgIpc) is 2.52. The summed E-state index contributed by atoms with van der Waals surface area (Å²) in [5.74, 6) is 0.240. The van der Waals surface area contributed by atoms with Gasteiger partial charge in [-0.2, -0.15) is 18.3 Å². The largest absolute Gasteiger partial charge is 0.417 e. The second-order valence-corrected chi connectivity index (χ2v) is 4.03. The van der Waals surface area contributed by atoms with Gasteiger partial charge in [0.25, 0.3) is 0 Å². The van der Waals surface area contributed by atoms with Crippen LogP contribution >= 0.6 is 0 Å². The third-order valence-corrected chi connectivity index (χ3v) is 2.81. The van der Waals surface area contributed by atoms with Crippen LogP contribution in [0.25, 0.3) is 11.3 Å². The number of alkyl halides is 3. The Kier molecular flexibility index (Phi) is 2.80. The predicted octanol–water partition coefficient (Wildman–Crippen LogP) is 3.00. The minimum atomic E-state index is -4.40. The molecule has 6 heteroatoms. The summed E-state index contributed by atoms with van der Waals surface area (Å²) in [7, 11) is 1.58. The van der Waals surface area contributed by atoms with E-state index in [1.54, 1.807) is 20.0 Å². The molecule has 1 aromatic carbocycles. The van der Waals surface area contributed by atoms with Crippen molar-refractivity contribution >= 4 is 5.82 Å². The summed E-state index contributed by atoms with van der Waals surface area (Å²) in [5, 5.41) is 3.94. The van der Waals surface area contributed by atoms with Crippen LogP contribution in [0.3, 0.4) is 0 Å². The molecule has 0 fully saturated rings. The lowest BCUT2D eigenvalue weighted by molar-refractivity contribution is -0.137. The van der Waals surface area contributed by atoms with Gasteiger partial charge < -0.3 is 5.73 Å². The van der Waals surface area contributed by atoms with Crippen LogP contribution in [0.2, 0.25) is 0 Å². The molecule has 0 aliphatic heterocycles. The first-order valence-electron chi connectivity index (χ1n) is 5.28. The quantitative estimate of drug-likeness (QED) is 0.851. The number of nitrogens with zero attached hydrogens (tertiary/aromatic N) is 2. The third-order valence-electron chi connectivity index (χ3n) is 2.81. The van der Waals surface area contributed by atoms with Gasteiger partial charge in [0, 0.05) is 18.2 Å². The molecule has 2 aromatic rings. The fourth-order valence-corrected chi connectivity index (χ4v) is 1.96. The summed E-state index contributed by atoms with van der Waals surface area (Å²) in [6, 6.07) is 5.40. The lowest BCUT2D eigenvalue weighted by Crippen LogP contribution is -2.08. The molecule has 0 saturated carbocycles. The summed E-state index contributed by atoms with van der Waals surface area (Å²) in [6.45, 7) is 1.66. The van der Waals surface area contributed by atoms with Gasteiger partial charge in [0.2, 0.25) is 0 Å². The molecule has 0 bridgehead atoms. The first kappa shape index (κ1) is 12.5. The van der Waals surface area contributed by atoms with Crippen LogP contribution in [0.15, 0.2) is 24.3 Å². The molecule has 0 atom stereocenters. The zero-order chi connectivity index (χ0) is 13.5. The fourth-order valence-electron chi connectivity index (χ4n) is 1.96. The standard InChI is InChI=1S/C12H12F3N3/c1-7-10(18(2)17-11(7)16)8-5-3-4-6-9(8)12(13,14)15/h3-6H,1-2H3,(H2,16,17). The van der Waals surface area contributed by atoms with Crippen LogP contribution in [-0.4, -0.2) is 9.78 Å². The number of nitrogen functional groups attached to an aromatic ring is 1. The first-order valence-corrected chi connectivity index (χ1v) is 5.28. The SMILES string of the molecule is Cc1c(N)nn(C)c1-c1ccccc1C(F)(F)F. The topological polar surface area (TPSA) is 43.8 Å². The monoisotopic (exact) mass is 255 g/mol. The normalized spacial score (nSPS) is 11.8. The Morgan fingerprint density at radius 1 is 1.22 bits per heavy atom. The number of halogens is 3. The van der Waals surface area contributed by atoms with Crippen LogP contribution in [0.1, 0.15) is 11.1 Å². The average molecular weight is 255 g/mol. The molecule has 18 heavy (non-hydrogen) atoms. The van der Waals surface area contributed by atoms with Crippen LogP contribution < -0.4 is 5.73 Å². The molecule has 1 heterocycles. The van der Waals surface area contributed by atoms with Crippen molar-refractivity contribution in [3.05, 3.63) is 35.4 Å². The van der Waals surface area contributed by atoms with Crippen molar-refractivity contribution in [1.82, 2.24) is 9.78 Å². The lowest BCUT2D eigenvalue weighted by atomic mass is 10.0. The van der Waals surface area contributed by atoms with Crippen molar-refractivity contribution in [1.29, 1.82) is 0 Å². The van der Waals surface area contributed by atoms with Crippen LogP contribution in [0.5, 0.6) is 0 Å². The molecule has 2 rings (SSSR count). The second kappa shape index (κ2) is 4.04. The Balaban J connectivity index is 2.72. The highest BCUT2D eigenvalue weighted by molar-refractivity contribution is 5.71. The van der Waals surface area contributed by atoms with Crippen molar-refractivity contribution in [2.45, 2.75) is 13.1 Å². The third kappa shape index (κ3) is 1.94. The molecule has 0 radical (unpaired) electrons. The molecule has 0 aliphatic carbocycles. The first-order chi connectivity index (χ1) is 8.32. The van der Waals surface area contributed by atoms with Crippen molar-refractivity contribution in [2.24, 2.45) is 7.05 Å². The molecule has 0 unspecified atom stereocenters. The molecule has 0 amide bonds. The number of aryl methyl sites for hydroxylation is 1. The Labute approximate surface area is 102 Å². The van der Waals surface area contributed by atoms with Gasteiger partial charge in [0.15, 0.2) is 0 Å². The summed E-state index contributed by atoms with van der Waals surface area (Å²) < 4.78 is 40.2. The molecule has 1 aromatic heterocycles. The van der Waals surface area contributed by atoms with E-state index in [9.17, 15) is 13.2 Å². The van der Waals surface area contributed by atoms with Crippen molar-refractivity contribution < 1.29 is 13.2 Å². The van der Waals surface area contributed by atoms with E-state index in [-0.39, 0.29) is 11.4 Å². The van der Waals surface area contributed by atoms with Gasteiger partial charge in [-0.15, -0.1) is 0 Å². The number of anilines is 1. The molecular weight excluding hydrogens is 243 g/mol. The maximum Gasteiger partial charge on any atom is 0.417 e. The van der Waals surface area contributed by atoms with Crippen LogP contribution in [0, 0.1) is 6.92 Å². The molecule has 0 spiro atoms. The van der Waals surface area contributed by atoms with Crippen molar-refractivity contribution in [2.75, 3.05) is 5.73 Å². The lowest BCUT2D eigenvalue weighted by Gasteiger charge is -2.13. The van der Waals surface area contributed by atoms with Gasteiger partial charge in [-0.1, -0.05) is 18.2 Å². The van der Waals surface area contributed by atoms with Crippen LogP contribution in [-0.2, 0) is 13.2 Å². The van der Waals surface area contributed by atoms with Gasteiger partial charge >= 0.3 is 6.18 Å². The van der Waals surface area contributed by atoms with Gasteiger partial charge in [-0.05, 0) is 13.0 Å². The second-order valence-electron chi connectivity index (χ2n) is 4.03. The Hall–Kier alpha value is -1.98. The number of rotatable bonds is 1. The molecule has 3 nitrogen and oxygen atoms in total. The van der Waals surface area contributed by atoms with Gasteiger partial charge in [-0.25, -0.2) is 0 Å². The summed E-state index contributed by atoms with van der Waals surface area (Å²) in [4.78, 5) is 0. The summed E-state index contributed by atoms with van der Waals surface area (Å²) in [5.41, 5.74) is 5.97. The Morgan fingerprint density at radius 3 is 2.33 bits per heavy atom. The molecule has 96 valence electrons. The van der Waals surface area contributed by atoms with Gasteiger partial charge in [0.1, 0.15) is 5.82 Å². The molecule has 0 aliphatic rings. The number of hydrogen-bond donors (Lipinski definition) is 1. The fraction of sp³-hybridized carbons (Fsp3) is 0.250. The molecule has 2 N–H and O–H groups in total. The van der Waals surface area contributed by atoms with Gasteiger partial charge in [0.05, 0.1) is 11.3 Å². The molecule has 0 saturated heterocycles. The number of hydrogen-bond acceptors (Lipinski definition) is 2. The van der Waals surface area contributed by atoms with Crippen LogP contribution in [0.4, 0.5) is 19.0 Å². The predicted molar refractivity (Wildman–Crippen MR) is 62.8 cm³/mol. The van der Waals surface area contributed by atoms with E-state index in [1.165, 1.54) is 16.8 Å². The Bertz CT molecular complexity index is 585. The zero-order valence-corrected chi connectivity index (χ0v) is 9.92. The van der Waals surface area contributed by atoms with E-state index >= 15 is 0 Å². The van der Waals surface area contributed by atoms with E-state index < -0.39 is 11.7 Å². The summed E-state index contributed by atoms with van der Waals surface area (Å²) >= 11 is 0. The van der Waals surface area contributed by atoms with E-state index in [0.29, 0.717) is 11.3 Å². The number of aromatic nitrogens is 2. The molecular formula is C12H12F3N3. The van der Waals surface area contributed by atoms with Crippen molar-refractivity contribution in [3.63, 3.8) is 0 Å². The van der Waals surface area contributed by atoms with E-state index in [1.807, 2.05) is 0 Å². The maximum atomic E-state index is 12.9. The number of nitrogens with two attached hydrogens (primary N) is 1. The minimum Gasteiger partial charge on any atom is -0.382 e. The van der Waals surface area contributed by atoms with E-state index in [0.717, 1.165) is 6.07 Å². The Morgan fingerprint density at radius 2 is 1.83 bits per heavy atom. The van der Waals surface area contributed by atoms with E-state index in [2.05, 4.69) is 5.10 Å². The summed E-state index contributed by atoms with van der Waals surface area (Å²) in [6.07, 6.45) is -4.40. The smallest absolute Gasteiger partial charge is 0.382 e. The zero-order valence-electron chi connectivity index (χ0n) is 9.92. The maximum absolute atomic E-state index is 12.9. The van der Waals surface area contributed by atoms with Gasteiger partial charge in [-0.3, -0.25) is 4.68 Å². The highest BCUT2D eigenvalue weighted by Crippen LogP contribution is 2.38.